The molecule has 0 aromatic rings. The van der Waals surface area contributed by atoms with Gasteiger partial charge in [-0.15, -0.1) is 0 Å². The molecule has 1 amide bonds. The number of unbranched alkanes of at least 4 members (excludes halogenated alkanes) is 12. The Balaban J connectivity index is 2.62. The topological polar surface area (TPSA) is 66.0 Å². The van der Waals surface area contributed by atoms with Crippen LogP contribution in [0.2, 0.25) is 18.1 Å². The molecule has 1 aliphatic rings. The molecule has 0 bridgehead atoms. The average molecular weight is 572 g/mol. The number of amides is 1. The highest BCUT2D eigenvalue weighted by molar-refractivity contribution is 6.74. The molecule has 6 nitrogen and oxygen atoms in total. The zero-order chi connectivity index (χ0) is 29.4. The summed E-state index contributed by atoms with van der Waals surface area (Å²) in [5.41, 5.74) is 0. The Kier molecular flexibility index (Phi) is 17.5. The van der Waals surface area contributed by atoms with E-state index in [1.54, 1.807) is 0 Å². The molecule has 0 radical (unpaired) electrons. The third kappa shape index (κ3) is 15.2. The van der Waals surface area contributed by atoms with Gasteiger partial charge in [-0.1, -0.05) is 118 Å². The van der Waals surface area contributed by atoms with Gasteiger partial charge in [-0.05, 0) is 44.8 Å². The van der Waals surface area contributed by atoms with Crippen LogP contribution >= 0.6 is 0 Å². The Bertz CT molecular complexity index is 649. The second-order valence-electron chi connectivity index (χ2n) is 13.6. The molecule has 1 N–H and O–H groups in total. The van der Waals surface area contributed by atoms with E-state index in [2.05, 4.69) is 53.0 Å². The van der Waals surface area contributed by atoms with Crippen LogP contribution < -0.4 is 5.32 Å². The molecule has 1 heterocycles. The van der Waals surface area contributed by atoms with Crippen LogP contribution in [0.3, 0.4) is 0 Å². The van der Waals surface area contributed by atoms with E-state index in [0.29, 0.717) is 13.2 Å². The van der Waals surface area contributed by atoms with Gasteiger partial charge in [0.05, 0.1) is 25.4 Å². The molecule has 1 saturated heterocycles. The molecule has 0 unspecified atom stereocenters. The molecule has 0 aromatic carbocycles. The van der Waals surface area contributed by atoms with Gasteiger partial charge in [0.1, 0.15) is 6.10 Å². The summed E-state index contributed by atoms with van der Waals surface area (Å²) >= 11 is 0. The number of nitrogens with one attached hydrogen (secondary N) is 1. The summed E-state index contributed by atoms with van der Waals surface area (Å²) in [7, 11) is -2.01. The maximum atomic E-state index is 12.7. The summed E-state index contributed by atoms with van der Waals surface area (Å²) in [6.07, 6.45) is 18.0. The molecule has 0 saturated carbocycles. The quantitative estimate of drug-likeness (QED) is 0.110. The smallest absolute Gasteiger partial charge is 0.407 e. The van der Waals surface area contributed by atoms with Crippen molar-refractivity contribution in [3.8, 4) is 0 Å². The van der Waals surface area contributed by atoms with Gasteiger partial charge in [0.25, 0.3) is 0 Å². The summed E-state index contributed by atoms with van der Waals surface area (Å²) in [5, 5.41) is 3.17. The van der Waals surface area contributed by atoms with Crippen molar-refractivity contribution in [1.29, 1.82) is 0 Å². The van der Waals surface area contributed by atoms with Gasteiger partial charge >= 0.3 is 6.09 Å². The standard InChI is InChI=1S/C32H65NO5Si/c1-10-12-14-15-16-17-18-19-20-21-22-23-24-28-29(38-32(6,7)37-28)27(33-30(34)35-25-13-11-2)26-36-39(8,9)31(3,4)5/h27-29H,10-26H2,1-9H3,(H,33,34)/t27-,28+,29-/m0/s1. The molecule has 1 fully saturated rings. The third-order valence-electron chi connectivity index (χ3n) is 8.42. The second-order valence-corrected chi connectivity index (χ2v) is 18.4. The molecule has 3 atom stereocenters. The van der Waals surface area contributed by atoms with E-state index in [-0.39, 0.29) is 23.3 Å². The summed E-state index contributed by atoms with van der Waals surface area (Å²) in [4.78, 5) is 12.7. The molecular weight excluding hydrogens is 506 g/mol. The SMILES string of the molecule is CCCCCCCCCCCCCC[C@H]1OC(C)(C)O[C@H]1[C@H](CO[Si](C)(C)C(C)(C)C)NC(=O)OCCCC. The first-order chi connectivity index (χ1) is 18.3. The van der Waals surface area contributed by atoms with Crippen LogP contribution in [-0.4, -0.2) is 51.7 Å². The highest BCUT2D eigenvalue weighted by Gasteiger charge is 2.46. The van der Waals surface area contributed by atoms with Gasteiger partial charge in [0.15, 0.2) is 14.1 Å². The lowest BCUT2D eigenvalue weighted by molar-refractivity contribution is -0.149. The number of hydrogen-bond acceptors (Lipinski definition) is 5. The van der Waals surface area contributed by atoms with Crippen LogP contribution in [0, 0.1) is 0 Å². The molecular formula is C32H65NO5Si. The van der Waals surface area contributed by atoms with Crippen molar-refractivity contribution >= 4 is 14.4 Å². The first-order valence-corrected chi connectivity index (χ1v) is 19.2. The van der Waals surface area contributed by atoms with Crippen molar-refractivity contribution < 1.29 is 23.4 Å². The van der Waals surface area contributed by atoms with E-state index < -0.39 is 20.2 Å². The Labute approximate surface area is 243 Å². The minimum atomic E-state index is -2.01. The minimum absolute atomic E-state index is 0.0768. The molecule has 0 aromatic heterocycles. The van der Waals surface area contributed by atoms with Gasteiger partial charge in [0, 0.05) is 0 Å². The summed E-state index contributed by atoms with van der Waals surface area (Å²) in [5.74, 6) is -0.685. The van der Waals surface area contributed by atoms with Crippen LogP contribution in [0.5, 0.6) is 0 Å². The van der Waals surface area contributed by atoms with Gasteiger partial charge in [-0.25, -0.2) is 4.79 Å². The van der Waals surface area contributed by atoms with E-state index in [1.165, 1.54) is 70.6 Å². The van der Waals surface area contributed by atoms with E-state index in [4.69, 9.17) is 18.6 Å². The predicted octanol–water partition coefficient (Wildman–Crippen LogP) is 9.51. The molecule has 7 heteroatoms. The number of alkyl carbamates (subject to hydrolysis) is 1. The van der Waals surface area contributed by atoms with Crippen molar-refractivity contribution in [2.24, 2.45) is 0 Å². The fourth-order valence-electron chi connectivity index (χ4n) is 4.85. The van der Waals surface area contributed by atoms with Crippen molar-refractivity contribution in [3.63, 3.8) is 0 Å². The van der Waals surface area contributed by atoms with Crippen molar-refractivity contribution in [2.45, 2.75) is 187 Å². The van der Waals surface area contributed by atoms with E-state index in [9.17, 15) is 4.79 Å². The average Bonchev–Trinajstić information content (AvgIpc) is 3.16. The Morgan fingerprint density at radius 2 is 1.36 bits per heavy atom. The van der Waals surface area contributed by atoms with Gasteiger partial charge in [0.2, 0.25) is 0 Å². The monoisotopic (exact) mass is 571 g/mol. The predicted molar refractivity (Wildman–Crippen MR) is 166 cm³/mol. The lowest BCUT2D eigenvalue weighted by Crippen LogP contribution is -2.53. The van der Waals surface area contributed by atoms with Gasteiger partial charge in [-0.3, -0.25) is 0 Å². The van der Waals surface area contributed by atoms with Crippen molar-refractivity contribution in [1.82, 2.24) is 5.32 Å². The zero-order valence-electron chi connectivity index (χ0n) is 27.3. The maximum absolute atomic E-state index is 12.7. The Morgan fingerprint density at radius 1 is 0.846 bits per heavy atom. The van der Waals surface area contributed by atoms with Crippen LogP contribution in [0.1, 0.15) is 145 Å². The largest absolute Gasteiger partial charge is 0.450 e. The van der Waals surface area contributed by atoms with Crippen molar-refractivity contribution in [2.75, 3.05) is 13.2 Å². The molecule has 1 aliphatic heterocycles. The Hall–Kier alpha value is -0.633. The first kappa shape index (κ1) is 36.4. The molecule has 1 rings (SSSR count). The Morgan fingerprint density at radius 3 is 1.87 bits per heavy atom. The summed E-state index contributed by atoms with van der Waals surface area (Å²) < 4.78 is 24.8. The lowest BCUT2D eigenvalue weighted by atomic mass is 9.99. The minimum Gasteiger partial charge on any atom is -0.450 e. The van der Waals surface area contributed by atoms with E-state index in [0.717, 1.165) is 25.7 Å². The molecule has 0 spiro atoms. The highest BCUT2D eigenvalue weighted by atomic mass is 28.4. The van der Waals surface area contributed by atoms with Crippen LogP contribution in [0.4, 0.5) is 4.79 Å². The molecule has 232 valence electrons. The molecule has 0 aliphatic carbocycles. The summed E-state index contributed by atoms with van der Waals surface area (Å²) in [6, 6.07) is -0.322. The number of carbonyl (C=O) groups is 1. The van der Waals surface area contributed by atoms with Crippen LogP contribution in [-0.2, 0) is 18.6 Å². The van der Waals surface area contributed by atoms with Crippen LogP contribution in [0.25, 0.3) is 0 Å². The number of carbonyl (C=O) groups excluding carboxylic acids is 1. The third-order valence-corrected chi connectivity index (χ3v) is 12.9. The zero-order valence-corrected chi connectivity index (χ0v) is 28.3. The van der Waals surface area contributed by atoms with Crippen molar-refractivity contribution in [3.05, 3.63) is 0 Å². The number of hydrogen-bond donors (Lipinski definition) is 1. The maximum Gasteiger partial charge on any atom is 0.407 e. The van der Waals surface area contributed by atoms with Gasteiger partial charge in [-0.2, -0.15) is 0 Å². The fourth-order valence-corrected chi connectivity index (χ4v) is 5.88. The van der Waals surface area contributed by atoms with E-state index >= 15 is 0 Å². The second kappa shape index (κ2) is 18.7. The van der Waals surface area contributed by atoms with Crippen LogP contribution in [0.15, 0.2) is 0 Å². The van der Waals surface area contributed by atoms with E-state index in [1.807, 2.05) is 13.8 Å². The van der Waals surface area contributed by atoms with Gasteiger partial charge < -0.3 is 24.0 Å². The normalized spacial score (nSPS) is 20.2. The molecule has 39 heavy (non-hydrogen) atoms. The highest BCUT2D eigenvalue weighted by Crippen LogP contribution is 2.38. The fraction of sp³-hybridized carbons (Fsp3) is 0.969. The lowest BCUT2D eigenvalue weighted by Gasteiger charge is -2.38. The number of rotatable bonds is 21. The summed E-state index contributed by atoms with van der Waals surface area (Å²) in [6.45, 7) is 20.3. The first-order valence-electron chi connectivity index (χ1n) is 16.3. The number of ether oxygens (including phenoxy) is 3.